The van der Waals surface area contributed by atoms with Crippen molar-refractivity contribution in [3.8, 4) is 0 Å². The molecule has 0 rings (SSSR count). The fourth-order valence-electron chi connectivity index (χ4n) is 0. The standard InChI is InChI=1S/CH4FO2P/c1-5(2,3)4/h1H3,(H,3,4)/p-1. The van der Waals surface area contributed by atoms with Crippen LogP contribution in [0.15, 0.2) is 0 Å². The number of hydrogen-bond donors (Lipinski definition) is 0. The molecule has 0 saturated carbocycles. The van der Waals surface area contributed by atoms with Crippen molar-refractivity contribution >= 4 is 7.68 Å². The molecular weight excluding hydrogens is 94.0 g/mol. The summed E-state index contributed by atoms with van der Waals surface area (Å²) in [7, 11) is -4.39. The van der Waals surface area contributed by atoms with Gasteiger partial charge in [-0.25, -0.2) is 4.20 Å². The minimum atomic E-state index is -4.39. The first-order chi connectivity index (χ1) is 2.00. The summed E-state index contributed by atoms with van der Waals surface area (Å²) in [6, 6.07) is 0. The van der Waals surface area contributed by atoms with E-state index in [0.717, 1.165) is 0 Å². The fourth-order valence-corrected chi connectivity index (χ4v) is 0. The quantitative estimate of drug-likeness (QED) is 0.403. The fraction of sp³-hybridized carbons (Fsp3) is 1.00. The van der Waals surface area contributed by atoms with Crippen LogP contribution in [0, 0.1) is 0 Å². The third-order valence-corrected chi connectivity index (χ3v) is 0. The van der Waals surface area contributed by atoms with E-state index in [1.54, 1.807) is 0 Å². The Balaban J connectivity index is 3.47. The number of hydrogen-bond acceptors (Lipinski definition) is 2. The highest BCUT2D eigenvalue weighted by molar-refractivity contribution is 7.49. The van der Waals surface area contributed by atoms with Crippen LogP contribution in [0.2, 0.25) is 0 Å². The molecule has 1 unspecified atom stereocenters. The van der Waals surface area contributed by atoms with E-state index in [1.165, 1.54) is 0 Å². The van der Waals surface area contributed by atoms with Crippen molar-refractivity contribution in [2.75, 3.05) is 6.66 Å². The molecule has 0 fully saturated rings. The van der Waals surface area contributed by atoms with E-state index in [2.05, 4.69) is 0 Å². The Morgan fingerprint density at radius 3 is 2.00 bits per heavy atom. The molecule has 0 aliphatic carbocycles. The van der Waals surface area contributed by atoms with Crippen molar-refractivity contribution in [2.45, 2.75) is 0 Å². The van der Waals surface area contributed by atoms with Crippen molar-refractivity contribution in [1.29, 1.82) is 0 Å². The van der Waals surface area contributed by atoms with Gasteiger partial charge in [-0.05, 0) is 0 Å². The molecule has 0 aromatic rings. The molecule has 0 saturated heterocycles. The molecule has 1 atom stereocenters. The zero-order valence-corrected chi connectivity index (χ0v) is 3.54. The average Bonchev–Trinajstić information content (AvgIpc) is 0.722. The summed E-state index contributed by atoms with van der Waals surface area (Å²) in [6.07, 6.45) is 0. The summed E-state index contributed by atoms with van der Waals surface area (Å²) in [5.74, 6) is 0. The van der Waals surface area contributed by atoms with E-state index in [0.29, 0.717) is 6.66 Å². The van der Waals surface area contributed by atoms with E-state index in [4.69, 9.17) is 9.46 Å². The van der Waals surface area contributed by atoms with E-state index in [1.807, 2.05) is 0 Å². The second-order valence-corrected chi connectivity index (χ2v) is 2.24. The summed E-state index contributed by atoms with van der Waals surface area (Å²) in [4.78, 5) is 8.99. The molecule has 0 N–H and O–H groups in total. The third kappa shape index (κ3) is 1290. The molecule has 0 aromatic heterocycles. The zero-order chi connectivity index (χ0) is 4.50. The molecule has 0 radical (unpaired) electrons. The van der Waals surface area contributed by atoms with E-state index in [9.17, 15) is 4.20 Å². The van der Waals surface area contributed by atoms with Gasteiger partial charge < -0.3 is 9.46 Å². The molecule has 2 nitrogen and oxygen atoms in total. The summed E-state index contributed by atoms with van der Waals surface area (Å²) in [5.41, 5.74) is 0. The predicted molar refractivity (Wildman–Crippen MR) is 14.6 cm³/mol. The normalized spacial score (nSPS) is 21.4. The largest absolute Gasteiger partial charge is 0.775 e. The molecular formula is CH3FO2P-. The first-order valence-electron chi connectivity index (χ1n) is 0.981. The van der Waals surface area contributed by atoms with Crippen LogP contribution in [-0.4, -0.2) is 6.66 Å². The molecule has 5 heavy (non-hydrogen) atoms. The summed E-state index contributed by atoms with van der Waals surface area (Å²) in [5, 5.41) is 0. The lowest BCUT2D eigenvalue weighted by atomic mass is 12.0. The van der Waals surface area contributed by atoms with Gasteiger partial charge in [0.15, 0.2) is 7.68 Å². The van der Waals surface area contributed by atoms with Gasteiger partial charge in [0.05, 0.1) is 0 Å². The Bertz CT molecular complexity index is 55.8. The van der Waals surface area contributed by atoms with Crippen LogP contribution in [0.4, 0.5) is 4.20 Å². The lowest BCUT2D eigenvalue weighted by molar-refractivity contribution is -0.184. The minimum Gasteiger partial charge on any atom is -0.775 e. The van der Waals surface area contributed by atoms with Crippen molar-refractivity contribution in [2.24, 2.45) is 0 Å². The Hall–Kier alpha value is 0.120. The molecule has 0 aliphatic heterocycles. The summed E-state index contributed by atoms with van der Waals surface area (Å²) < 4.78 is 19.7. The second-order valence-electron chi connectivity index (χ2n) is 0.747. The van der Waals surface area contributed by atoms with E-state index in [-0.39, 0.29) is 0 Å². The van der Waals surface area contributed by atoms with Crippen LogP contribution >= 0.6 is 7.68 Å². The third-order valence-electron chi connectivity index (χ3n) is 0. The SMILES string of the molecule is CP(=O)([O-])F. The van der Waals surface area contributed by atoms with E-state index < -0.39 is 7.68 Å². The monoisotopic (exact) mass is 97.0 g/mol. The molecule has 0 aromatic carbocycles. The van der Waals surface area contributed by atoms with Crippen LogP contribution in [-0.2, 0) is 4.57 Å². The number of halogens is 1. The van der Waals surface area contributed by atoms with Gasteiger partial charge in [-0.2, -0.15) is 0 Å². The van der Waals surface area contributed by atoms with Gasteiger partial charge in [-0.1, -0.05) is 0 Å². The first-order valence-corrected chi connectivity index (χ1v) is 2.94. The van der Waals surface area contributed by atoms with Crippen molar-refractivity contribution in [3.05, 3.63) is 0 Å². The van der Waals surface area contributed by atoms with Crippen LogP contribution in [0.25, 0.3) is 0 Å². The van der Waals surface area contributed by atoms with Crippen molar-refractivity contribution in [3.63, 3.8) is 0 Å². The Morgan fingerprint density at radius 1 is 2.00 bits per heavy atom. The van der Waals surface area contributed by atoms with Gasteiger partial charge in [0.1, 0.15) is 0 Å². The maximum atomic E-state index is 10.7. The van der Waals surface area contributed by atoms with Gasteiger partial charge in [-0.15, -0.1) is 0 Å². The highest BCUT2D eigenvalue weighted by Crippen LogP contribution is 2.29. The lowest BCUT2D eigenvalue weighted by Gasteiger charge is -1.99. The van der Waals surface area contributed by atoms with Gasteiger partial charge in [0, 0.05) is 6.66 Å². The van der Waals surface area contributed by atoms with Crippen molar-refractivity contribution in [1.82, 2.24) is 0 Å². The topological polar surface area (TPSA) is 40.1 Å². The average molecular weight is 97.0 g/mol. The molecule has 0 heterocycles. The molecule has 0 spiro atoms. The van der Waals surface area contributed by atoms with Crippen molar-refractivity contribution < 1.29 is 13.7 Å². The van der Waals surface area contributed by atoms with Gasteiger partial charge in [0.2, 0.25) is 0 Å². The Kier molecular flexibility index (Phi) is 1.10. The van der Waals surface area contributed by atoms with Gasteiger partial charge in [0.25, 0.3) is 0 Å². The zero-order valence-electron chi connectivity index (χ0n) is 2.64. The highest BCUT2D eigenvalue weighted by atomic mass is 31.2. The molecule has 0 amide bonds. The predicted octanol–water partition coefficient (Wildman–Crippen LogP) is 0.139. The minimum absolute atomic E-state index is 0.521. The summed E-state index contributed by atoms with van der Waals surface area (Å²) in [6.45, 7) is 0.521. The molecule has 4 heteroatoms. The van der Waals surface area contributed by atoms with Crippen LogP contribution < -0.4 is 4.89 Å². The summed E-state index contributed by atoms with van der Waals surface area (Å²) >= 11 is 0. The Labute approximate surface area is 29.2 Å². The van der Waals surface area contributed by atoms with Gasteiger partial charge in [-0.3, -0.25) is 0 Å². The highest BCUT2D eigenvalue weighted by Gasteiger charge is 1.83. The maximum absolute atomic E-state index is 10.7. The van der Waals surface area contributed by atoms with Crippen LogP contribution in [0.1, 0.15) is 0 Å². The maximum Gasteiger partial charge on any atom is 0.178 e. The van der Waals surface area contributed by atoms with Crippen LogP contribution in [0.5, 0.6) is 0 Å². The number of rotatable bonds is 0. The Morgan fingerprint density at radius 2 is 2.00 bits per heavy atom. The van der Waals surface area contributed by atoms with E-state index >= 15 is 0 Å². The lowest BCUT2D eigenvalue weighted by Crippen LogP contribution is -1.88. The van der Waals surface area contributed by atoms with Crippen LogP contribution in [0.3, 0.4) is 0 Å². The molecule has 0 aliphatic rings. The second kappa shape index (κ2) is 1.07. The smallest absolute Gasteiger partial charge is 0.178 e. The molecule has 32 valence electrons. The molecule has 0 bridgehead atoms. The van der Waals surface area contributed by atoms with Gasteiger partial charge >= 0.3 is 0 Å². The first kappa shape index (κ1) is 5.12.